The standard InChI is InChI=1S/C18H12FNO4S.C18H18FNO3S.C13H10FNO3.C5H3ClOS.4CH4/c1-24-14-8-7-13(18(21)15-6-3-9-25-15)17(19)16(14)11-4-2-5-12(10-11)20(22)23;1-23-16-8-7-13(11-15-6-3-9-24-15)18(19)17(16)12-4-2-5-14(10-12)20(21)22;1-18-12-7-3-6-11(14)13(12)9-4-2-5-10(8-9)15(16)17;6-5(7)4-2-1-3-8-4;;;;/h2-10H,1H3;2,4-5,7-8,10,15H,3,6,9,11H2,1H3;2-8H,1H3;1-3H;4*1H4. The highest BCUT2D eigenvalue weighted by atomic mass is 35.5. The topological polar surface area (TPSA) is 191 Å². The molecule has 0 radical (unpaired) electrons. The van der Waals surface area contributed by atoms with Crippen LogP contribution in [0.1, 0.15) is 73.0 Å². The number of halogens is 4. The van der Waals surface area contributed by atoms with E-state index in [9.17, 15) is 44.3 Å². The summed E-state index contributed by atoms with van der Waals surface area (Å²) in [7, 11) is 4.27. The van der Waals surface area contributed by atoms with Crippen molar-refractivity contribution in [1.29, 1.82) is 0 Å². The zero-order chi connectivity index (χ0) is 54.2. The molecule has 21 heteroatoms. The fourth-order valence-electron chi connectivity index (χ4n) is 7.63. The maximum Gasteiger partial charge on any atom is 0.270 e. The van der Waals surface area contributed by atoms with Crippen molar-refractivity contribution in [1.82, 2.24) is 0 Å². The van der Waals surface area contributed by atoms with E-state index in [1.54, 1.807) is 66.0 Å². The van der Waals surface area contributed by atoms with Crippen LogP contribution in [0.5, 0.6) is 17.2 Å². The number of hydrogen-bond donors (Lipinski definition) is 0. The lowest BCUT2D eigenvalue weighted by Crippen LogP contribution is -2.06. The number of nitrogens with zero attached hydrogens (tertiary/aromatic N) is 3. The van der Waals surface area contributed by atoms with Crippen molar-refractivity contribution in [3.05, 3.63) is 219 Å². The molecule has 9 rings (SSSR count). The Balaban J connectivity index is 0.000000373. The Bertz CT molecular complexity index is 3320. The Kier molecular flexibility index (Phi) is 27.3. The molecule has 0 bridgehead atoms. The fraction of sp³-hybridized carbons (Fsp3) is 0.207. The minimum atomic E-state index is -0.766. The molecule has 0 saturated carbocycles. The number of methoxy groups -OCH3 is 3. The van der Waals surface area contributed by atoms with Gasteiger partial charge in [-0.1, -0.05) is 90.4 Å². The van der Waals surface area contributed by atoms with Crippen molar-refractivity contribution in [3.63, 3.8) is 0 Å². The maximum atomic E-state index is 15.1. The molecule has 2 aromatic heterocycles. The Morgan fingerprint density at radius 1 is 0.570 bits per heavy atom. The number of non-ortho nitro benzene ring substituents is 3. The van der Waals surface area contributed by atoms with Gasteiger partial charge in [0, 0.05) is 41.6 Å². The summed E-state index contributed by atoms with van der Waals surface area (Å²) in [4.78, 5) is 54.9. The lowest BCUT2D eigenvalue weighted by atomic mass is 9.97. The van der Waals surface area contributed by atoms with Gasteiger partial charge in [-0.3, -0.25) is 39.9 Å². The molecule has 3 heterocycles. The monoisotopic (exact) mass is 1160 g/mol. The molecule has 8 aromatic rings. The average Bonchev–Trinajstić information content (AvgIpc) is 4.32. The number of thiophene rings is 2. The lowest BCUT2D eigenvalue weighted by Gasteiger charge is -2.15. The first-order chi connectivity index (χ1) is 36.1. The number of ether oxygens (including phenoxy) is 3. The highest BCUT2D eigenvalue weighted by Crippen LogP contribution is 2.40. The number of carbonyl (C=O) groups excluding carboxylic acids is 2. The minimum Gasteiger partial charge on any atom is -0.496 e. The zero-order valence-corrected chi connectivity index (χ0v) is 43.1. The first-order valence-electron chi connectivity index (χ1n) is 22.3. The van der Waals surface area contributed by atoms with Crippen LogP contribution in [-0.2, 0) is 6.42 Å². The summed E-state index contributed by atoms with van der Waals surface area (Å²) in [5.74, 6) is 0.0181. The number of nitro groups is 3. The third kappa shape index (κ3) is 17.3. The second kappa shape index (κ2) is 32.1. The van der Waals surface area contributed by atoms with Gasteiger partial charge < -0.3 is 14.2 Å². The van der Waals surface area contributed by atoms with Gasteiger partial charge >= 0.3 is 0 Å². The Hall–Kier alpha value is -7.91. The summed E-state index contributed by atoms with van der Waals surface area (Å²) in [5.41, 5.74) is 1.89. The molecule has 1 aliphatic heterocycles. The molecule has 1 saturated heterocycles. The van der Waals surface area contributed by atoms with Gasteiger partial charge in [0.05, 0.1) is 68.1 Å². The van der Waals surface area contributed by atoms with Crippen LogP contribution in [0.15, 0.2) is 150 Å². The van der Waals surface area contributed by atoms with E-state index < -0.39 is 32.2 Å². The Morgan fingerprint density at radius 3 is 1.43 bits per heavy atom. The van der Waals surface area contributed by atoms with Crippen LogP contribution < -0.4 is 14.2 Å². The molecule has 14 nitrogen and oxygen atoms in total. The van der Waals surface area contributed by atoms with E-state index in [-0.39, 0.29) is 85.8 Å². The summed E-state index contributed by atoms with van der Waals surface area (Å²) in [6, 6.07) is 34.9. The minimum absolute atomic E-state index is 0. The van der Waals surface area contributed by atoms with Crippen LogP contribution in [0.3, 0.4) is 0 Å². The summed E-state index contributed by atoms with van der Waals surface area (Å²) < 4.78 is 59.6. The van der Waals surface area contributed by atoms with Gasteiger partial charge in [0.25, 0.3) is 22.3 Å². The van der Waals surface area contributed by atoms with Crippen molar-refractivity contribution in [2.75, 3.05) is 27.1 Å². The predicted octanol–water partition coefficient (Wildman–Crippen LogP) is 17.6. The number of rotatable bonds is 14. The third-order valence-electron chi connectivity index (χ3n) is 11.1. The number of thioether (sulfide) groups is 1. The van der Waals surface area contributed by atoms with E-state index in [2.05, 4.69) is 0 Å². The van der Waals surface area contributed by atoms with Crippen molar-refractivity contribution in [3.8, 4) is 50.6 Å². The molecule has 1 aliphatic rings. The molecule has 1 fully saturated rings. The third-order valence-corrected chi connectivity index (χ3v) is 14.6. The zero-order valence-electron chi connectivity index (χ0n) is 39.9. The molecule has 79 heavy (non-hydrogen) atoms. The summed E-state index contributed by atoms with van der Waals surface area (Å²) >= 11 is 9.56. The van der Waals surface area contributed by atoms with E-state index in [0.717, 1.165) is 12.2 Å². The van der Waals surface area contributed by atoms with Crippen LogP contribution >= 0.6 is 46.0 Å². The van der Waals surface area contributed by atoms with Gasteiger partial charge in [-0.25, -0.2) is 13.2 Å². The van der Waals surface area contributed by atoms with Crippen molar-refractivity contribution in [2.24, 2.45) is 0 Å². The van der Waals surface area contributed by atoms with Gasteiger partial charge in [-0.2, -0.15) is 11.8 Å². The summed E-state index contributed by atoms with van der Waals surface area (Å²) in [6.45, 7) is 0. The van der Waals surface area contributed by atoms with Crippen molar-refractivity contribution < 1.29 is 51.7 Å². The highest BCUT2D eigenvalue weighted by molar-refractivity contribution is 8.00. The fourth-order valence-corrected chi connectivity index (χ4v) is 10.4. The molecule has 1 atom stereocenters. The van der Waals surface area contributed by atoms with E-state index in [1.807, 2.05) is 17.1 Å². The summed E-state index contributed by atoms with van der Waals surface area (Å²) in [6.07, 6.45) is 2.94. The molecule has 6 aromatic carbocycles. The molecular weight excluding hydrogens is 1100 g/mol. The van der Waals surface area contributed by atoms with E-state index >= 15 is 8.78 Å². The lowest BCUT2D eigenvalue weighted by molar-refractivity contribution is -0.385. The SMILES string of the molecule is C.C.C.C.COc1ccc(C(=O)c2cccs2)c(F)c1-c1cccc([N+](=O)[O-])c1.COc1ccc(CC2CCCS2)c(F)c1-c1cccc([N+](=O)[O-])c1.COc1cccc(F)c1-c1cccc([N+](=O)[O-])c1.O=C(Cl)c1cccs1. The first-order valence-corrected chi connectivity index (χ1v) is 25.5. The normalized spacial score (nSPS) is 11.7. The first kappa shape index (κ1) is 67.2. The Labute approximate surface area is 474 Å². The van der Waals surface area contributed by atoms with Gasteiger partial charge in [-0.05, 0) is 112 Å². The quantitative estimate of drug-likeness (QED) is 0.0434. The van der Waals surface area contributed by atoms with Crippen molar-refractivity contribution >= 4 is 74.1 Å². The average molecular weight is 1160 g/mol. The van der Waals surface area contributed by atoms with Gasteiger partial charge in [-0.15, -0.1) is 22.7 Å². The van der Waals surface area contributed by atoms with Gasteiger partial charge in [0.2, 0.25) is 5.78 Å². The van der Waals surface area contributed by atoms with Crippen LogP contribution in [0.25, 0.3) is 33.4 Å². The molecule has 0 amide bonds. The smallest absolute Gasteiger partial charge is 0.270 e. The molecule has 418 valence electrons. The number of carbonyl (C=O) groups is 2. The van der Waals surface area contributed by atoms with Gasteiger partial charge in [0.15, 0.2) is 0 Å². The Morgan fingerprint density at radius 2 is 1.01 bits per heavy atom. The second-order valence-electron chi connectivity index (χ2n) is 15.8. The van der Waals surface area contributed by atoms with E-state index in [1.165, 1.54) is 129 Å². The number of benzene rings is 6. The highest BCUT2D eigenvalue weighted by Gasteiger charge is 2.25. The number of hydrogen-bond acceptors (Lipinski definition) is 14. The summed E-state index contributed by atoms with van der Waals surface area (Å²) in [5, 5.41) is 36.3. The largest absolute Gasteiger partial charge is 0.496 e. The molecule has 0 N–H and O–H groups in total. The molecular formula is C58H59ClF3N3O11S3. The van der Waals surface area contributed by atoms with Crippen molar-refractivity contribution in [2.45, 2.75) is 54.2 Å². The van der Waals surface area contributed by atoms with E-state index in [4.69, 9.17) is 25.8 Å². The number of ketones is 1. The number of nitro benzene ring substituents is 3. The van der Waals surface area contributed by atoms with E-state index in [0.29, 0.717) is 55.2 Å². The maximum absolute atomic E-state index is 15.1. The molecule has 1 unspecified atom stereocenters. The molecule has 0 aliphatic carbocycles. The van der Waals surface area contributed by atoms with Crippen LogP contribution in [0.2, 0.25) is 0 Å². The molecule has 0 spiro atoms. The van der Waals surface area contributed by atoms with Gasteiger partial charge in [0.1, 0.15) is 34.7 Å². The van der Waals surface area contributed by atoms with Crippen LogP contribution in [0, 0.1) is 47.8 Å². The second-order valence-corrected chi connectivity index (χ2v) is 19.4. The predicted molar refractivity (Wildman–Crippen MR) is 313 cm³/mol. The van der Waals surface area contributed by atoms with Crippen LogP contribution in [0.4, 0.5) is 30.2 Å². The van der Waals surface area contributed by atoms with Crippen LogP contribution in [-0.4, -0.2) is 58.1 Å².